The third-order valence-corrected chi connectivity index (χ3v) is 8.29. The summed E-state index contributed by atoms with van der Waals surface area (Å²) in [6.07, 6.45) is 5.29. The molecular weight excluding hydrogens is 592 g/mol. The Balaban J connectivity index is 1.37. The first-order valence-corrected chi connectivity index (χ1v) is 15.2. The van der Waals surface area contributed by atoms with Crippen LogP contribution in [0.3, 0.4) is 0 Å². The maximum absolute atomic E-state index is 13.6. The van der Waals surface area contributed by atoms with Crippen LogP contribution in [-0.2, 0) is 11.8 Å². The number of nitrogens with one attached hydrogen (secondary N) is 2. The lowest BCUT2D eigenvalue weighted by Crippen LogP contribution is -2.44. The van der Waals surface area contributed by atoms with Crippen molar-refractivity contribution in [1.29, 1.82) is 5.26 Å². The van der Waals surface area contributed by atoms with Gasteiger partial charge in [0.1, 0.15) is 23.1 Å². The molecule has 0 aliphatic carbocycles. The lowest BCUT2D eigenvalue weighted by atomic mass is 10.1. The number of aromatic nitrogens is 3. The summed E-state index contributed by atoms with van der Waals surface area (Å²) >= 11 is 0. The van der Waals surface area contributed by atoms with Gasteiger partial charge in [-0.15, -0.1) is 0 Å². The smallest absolute Gasteiger partial charge is 0.266 e. The molecule has 11 nitrogen and oxygen atoms in total. The van der Waals surface area contributed by atoms with E-state index >= 15 is 0 Å². The zero-order valence-corrected chi connectivity index (χ0v) is 26.8. The van der Waals surface area contributed by atoms with E-state index in [0.717, 1.165) is 54.0 Å². The van der Waals surface area contributed by atoms with Crippen LogP contribution in [0.4, 0.5) is 23.0 Å². The first kappa shape index (κ1) is 31.1. The van der Waals surface area contributed by atoms with E-state index in [-0.39, 0.29) is 5.57 Å². The molecule has 1 saturated heterocycles. The molecule has 1 aliphatic heterocycles. The summed E-state index contributed by atoms with van der Waals surface area (Å²) in [5.74, 6) is 0.945. The van der Waals surface area contributed by atoms with Gasteiger partial charge < -0.3 is 34.5 Å². The second-order valence-corrected chi connectivity index (χ2v) is 11.3. The van der Waals surface area contributed by atoms with Gasteiger partial charge in [0.15, 0.2) is 0 Å². The predicted octanol–water partition coefficient (Wildman–Crippen LogP) is 5.69. The van der Waals surface area contributed by atoms with E-state index in [4.69, 9.17) is 14.5 Å². The number of hydrogen-bond donors (Lipinski definition) is 2. The minimum Gasteiger partial charge on any atom is -0.496 e. The Morgan fingerprint density at radius 3 is 2.45 bits per heavy atom. The number of nitriles is 1. The third-order valence-electron chi connectivity index (χ3n) is 8.29. The van der Waals surface area contributed by atoms with Crippen LogP contribution in [0.25, 0.3) is 28.2 Å². The number of anilines is 4. The fourth-order valence-corrected chi connectivity index (χ4v) is 5.76. The topological polar surface area (TPSA) is 121 Å². The number of ether oxygens (including phenoxy) is 2. The molecular formula is C36H36N8O3. The number of piperazine rings is 1. The maximum atomic E-state index is 13.6. The van der Waals surface area contributed by atoms with Crippen molar-refractivity contribution in [1.82, 2.24) is 19.4 Å². The van der Waals surface area contributed by atoms with E-state index in [1.54, 1.807) is 38.6 Å². The van der Waals surface area contributed by atoms with Gasteiger partial charge in [-0.2, -0.15) is 5.26 Å². The highest BCUT2D eigenvalue weighted by Crippen LogP contribution is 2.39. The van der Waals surface area contributed by atoms with Gasteiger partial charge >= 0.3 is 0 Å². The molecule has 3 aromatic carbocycles. The van der Waals surface area contributed by atoms with Crippen molar-refractivity contribution in [2.75, 3.05) is 63.0 Å². The summed E-state index contributed by atoms with van der Waals surface area (Å²) in [7, 11) is 7.25. The molecule has 11 heteroatoms. The van der Waals surface area contributed by atoms with Crippen LogP contribution in [0.1, 0.15) is 5.56 Å². The standard InChI is InChI=1S/C36H36N8O3/c1-42-15-17-44(18-16-42)32-21-34(47-4)30(20-29(32)39-35(45)25(22-37)19-24-9-5-8-12-33(24)46-3)41-36-38-14-13-28(40-36)27-23-43(2)31-11-7-6-10-26(27)31/h5-14,19-21,23H,15-18H2,1-4H3,(H,39,45)(H,38,40,41). The van der Waals surface area contributed by atoms with Gasteiger partial charge in [-0.05, 0) is 37.4 Å². The van der Waals surface area contributed by atoms with Crippen LogP contribution in [-0.4, -0.2) is 72.8 Å². The number of carbonyl (C=O) groups excluding carboxylic acids is 1. The Morgan fingerprint density at radius 2 is 1.68 bits per heavy atom. The molecule has 2 N–H and O–H groups in total. The molecule has 238 valence electrons. The summed E-state index contributed by atoms with van der Waals surface area (Å²) in [4.78, 5) is 27.4. The minimum atomic E-state index is -0.542. The first-order valence-electron chi connectivity index (χ1n) is 15.2. The number of para-hydroxylation sites is 2. The van der Waals surface area contributed by atoms with E-state index in [2.05, 4.69) is 61.4 Å². The van der Waals surface area contributed by atoms with E-state index < -0.39 is 5.91 Å². The normalized spacial score (nSPS) is 13.7. The molecule has 6 rings (SSSR count). The Labute approximate surface area is 273 Å². The lowest BCUT2D eigenvalue weighted by molar-refractivity contribution is -0.112. The van der Waals surface area contributed by atoms with Crippen molar-refractivity contribution >= 4 is 45.9 Å². The molecule has 1 fully saturated rings. The SMILES string of the molecule is COc1ccccc1C=C(C#N)C(=O)Nc1cc(Nc2nccc(-c3cn(C)c4ccccc34)n2)c(OC)cc1N1CCN(C)CC1. The van der Waals surface area contributed by atoms with Crippen molar-refractivity contribution in [2.45, 2.75) is 0 Å². The van der Waals surface area contributed by atoms with E-state index in [1.807, 2.05) is 43.4 Å². The predicted molar refractivity (Wildman–Crippen MR) is 185 cm³/mol. The van der Waals surface area contributed by atoms with Crippen molar-refractivity contribution < 1.29 is 14.3 Å². The molecule has 1 aliphatic rings. The first-order chi connectivity index (χ1) is 22.9. The molecule has 3 heterocycles. The maximum Gasteiger partial charge on any atom is 0.266 e. The summed E-state index contributed by atoms with van der Waals surface area (Å²) in [6, 6.07) is 23.0. The molecule has 0 saturated carbocycles. The molecule has 0 radical (unpaired) electrons. The molecule has 2 aromatic heterocycles. The van der Waals surface area contributed by atoms with E-state index in [0.29, 0.717) is 34.4 Å². The lowest BCUT2D eigenvalue weighted by Gasteiger charge is -2.35. The largest absolute Gasteiger partial charge is 0.496 e. The number of aryl methyl sites for hydroxylation is 1. The number of nitrogens with zero attached hydrogens (tertiary/aromatic N) is 6. The molecule has 5 aromatic rings. The van der Waals surface area contributed by atoms with Gasteiger partial charge in [0.2, 0.25) is 5.95 Å². The van der Waals surface area contributed by atoms with Crippen LogP contribution in [0.2, 0.25) is 0 Å². The molecule has 0 atom stereocenters. The zero-order valence-electron chi connectivity index (χ0n) is 26.8. The summed E-state index contributed by atoms with van der Waals surface area (Å²) in [6.45, 7) is 3.24. The highest BCUT2D eigenvalue weighted by atomic mass is 16.5. The molecule has 0 spiro atoms. The summed E-state index contributed by atoms with van der Waals surface area (Å²) < 4.78 is 13.3. The Morgan fingerprint density at radius 1 is 0.936 bits per heavy atom. The number of hydrogen-bond acceptors (Lipinski definition) is 9. The number of carbonyl (C=O) groups is 1. The Bertz CT molecular complexity index is 2000. The highest BCUT2D eigenvalue weighted by Gasteiger charge is 2.23. The highest BCUT2D eigenvalue weighted by molar-refractivity contribution is 6.11. The number of likely N-dealkylation sites (N-methyl/N-ethyl adjacent to an activating group) is 1. The molecule has 47 heavy (non-hydrogen) atoms. The van der Waals surface area contributed by atoms with Crippen LogP contribution in [0, 0.1) is 11.3 Å². The number of rotatable bonds is 9. The van der Waals surface area contributed by atoms with Crippen LogP contribution < -0.4 is 25.0 Å². The number of methoxy groups -OCH3 is 2. The van der Waals surface area contributed by atoms with Gasteiger partial charge in [0, 0.05) is 73.7 Å². The van der Waals surface area contributed by atoms with Gasteiger partial charge in [-0.3, -0.25) is 4.79 Å². The van der Waals surface area contributed by atoms with E-state index in [1.165, 1.54) is 6.08 Å². The number of fused-ring (bicyclic) bond motifs is 1. The van der Waals surface area contributed by atoms with Crippen LogP contribution in [0.5, 0.6) is 11.5 Å². The van der Waals surface area contributed by atoms with Crippen LogP contribution in [0.15, 0.2) is 84.7 Å². The van der Waals surface area contributed by atoms with Crippen LogP contribution >= 0.6 is 0 Å². The zero-order chi connectivity index (χ0) is 32.9. The third kappa shape index (κ3) is 6.59. The number of benzene rings is 3. The van der Waals surface area contributed by atoms with Gasteiger partial charge in [-0.1, -0.05) is 36.4 Å². The van der Waals surface area contributed by atoms with Gasteiger partial charge in [0.25, 0.3) is 5.91 Å². The Kier molecular flexibility index (Phi) is 9.04. The molecule has 0 bridgehead atoms. The number of amides is 1. The average Bonchev–Trinajstić information content (AvgIpc) is 3.44. The monoisotopic (exact) mass is 628 g/mol. The second kappa shape index (κ2) is 13.6. The molecule has 0 unspecified atom stereocenters. The van der Waals surface area contributed by atoms with Crippen molar-refractivity contribution in [3.63, 3.8) is 0 Å². The average molecular weight is 629 g/mol. The Hall–Kier alpha value is -5.86. The fourth-order valence-electron chi connectivity index (χ4n) is 5.76. The van der Waals surface area contributed by atoms with Gasteiger partial charge in [-0.25, -0.2) is 9.97 Å². The molecule has 1 amide bonds. The van der Waals surface area contributed by atoms with Crippen molar-refractivity contribution in [3.05, 3.63) is 90.3 Å². The van der Waals surface area contributed by atoms with Crippen molar-refractivity contribution in [2.24, 2.45) is 7.05 Å². The fraction of sp³-hybridized carbons (Fsp3) is 0.222. The summed E-state index contributed by atoms with van der Waals surface area (Å²) in [5.41, 5.74) is 5.29. The van der Waals surface area contributed by atoms with E-state index in [9.17, 15) is 10.1 Å². The summed E-state index contributed by atoms with van der Waals surface area (Å²) in [5, 5.41) is 17.4. The van der Waals surface area contributed by atoms with Crippen molar-refractivity contribution in [3.8, 4) is 28.8 Å². The minimum absolute atomic E-state index is 0.0599. The van der Waals surface area contributed by atoms with Gasteiger partial charge in [0.05, 0.1) is 37.0 Å². The second-order valence-electron chi connectivity index (χ2n) is 11.3. The quantitative estimate of drug-likeness (QED) is 0.157.